The minimum absolute atomic E-state index is 0.0227. The number of aromatic amines is 1. The van der Waals surface area contributed by atoms with Crippen molar-refractivity contribution in [1.82, 2.24) is 14.9 Å². The van der Waals surface area contributed by atoms with Gasteiger partial charge in [0, 0.05) is 18.1 Å². The van der Waals surface area contributed by atoms with Gasteiger partial charge in [0.1, 0.15) is 5.82 Å². The van der Waals surface area contributed by atoms with E-state index in [1.54, 1.807) is 19.1 Å². The lowest BCUT2D eigenvalue weighted by molar-refractivity contribution is -0.386. The van der Waals surface area contributed by atoms with Gasteiger partial charge in [-0.15, -0.1) is 0 Å². The van der Waals surface area contributed by atoms with Gasteiger partial charge in [-0.2, -0.15) is 14.9 Å². The van der Waals surface area contributed by atoms with Crippen molar-refractivity contribution in [2.24, 2.45) is 5.10 Å². The van der Waals surface area contributed by atoms with Crippen LogP contribution in [0.15, 0.2) is 41.5 Å². The molecule has 1 aromatic heterocycles. The number of nitro benzene ring substituents is 1. The average Bonchev–Trinajstić information content (AvgIpc) is 3.03. The van der Waals surface area contributed by atoms with Crippen molar-refractivity contribution >= 4 is 24.1 Å². The quantitative estimate of drug-likeness (QED) is 0.263. The van der Waals surface area contributed by atoms with E-state index in [0.29, 0.717) is 17.8 Å². The fourth-order valence-corrected chi connectivity index (χ4v) is 2.76. The highest BCUT2D eigenvalue weighted by Gasteiger charge is 2.19. The van der Waals surface area contributed by atoms with Gasteiger partial charge in [0.2, 0.25) is 10.5 Å². The molecule has 0 spiro atoms. The van der Waals surface area contributed by atoms with Crippen LogP contribution in [0.1, 0.15) is 23.9 Å². The third-order valence-corrected chi connectivity index (χ3v) is 4.15. The van der Waals surface area contributed by atoms with E-state index in [1.807, 2.05) is 0 Å². The Bertz CT molecular complexity index is 1120. The van der Waals surface area contributed by atoms with Crippen LogP contribution in [0.3, 0.4) is 0 Å². The molecule has 9 nitrogen and oxygen atoms in total. The lowest BCUT2D eigenvalue weighted by atomic mass is 10.1. The van der Waals surface area contributed by atoms with Gasteiger partial charge in [0.15, 0.2) is 11.6 Å². The van der Waals surface area contributed by atoms with Crippen LogP contribution in [0.2, 0.25) is 0 Å². The SMILES string of the molecule is CCOc1cc(/C=N\n2c(Cc3ccc(F)cc3)n[nH]c2=S)cc([N+](=O)[O-])c1O. The van der Waals surface area contributed by atoms with Crippen LogP contribution < -0.4 is 4.74 Å². The van der Waals surface area contributed by atoms with Crippen molar-refractivity contribution in [3.63, 3.8) is 0 Å². The molecule has 0 fully saturated rings. The summed E-state index contributed by atoms with van der Waals surface area (Å²) in [5, 5.41) is 32.1. The Labute approximate surface area is 169 Å². The predicted octanol–water partition coefficient (Wildman–Crippen LogP) is 3.57. The summed E-state index contributed by atoms with van der Waals surface area (Å²) < 4.78 is 19.9. The molecule has 29 heavy (non-hydrogen) atoms. The summed E-state index contributed by atoms with van der Waals surface area (Å²) in [7, 11) is 0. The largest absolute Gasteiger partial charge is 0.500 e. The molecule has 11 heteroatoms. The van der Waals surface area contributed by atoms with Gasteiger partial charge in [-0.3, -0.25) is 15.2 Å². The molecule has 150 valence electrons. The van der Waals surface area contributed by atoms with Crippen LogP contribution in [0, 0.1) is 20.7 Å². The van der Waals surface area contributed by atoms with Crippen molar-refractivity contribution < 1.29 is 19.2 Å². The molecule has 0 atom stereocenters. The summed E-state index contributed by atoms with van der Waals surface area (Å²) >= 11 is 5.18. The Hall–Kier alpha value is -3.60. The molecule has 0 amide bonds. The second-order valence-corrected chi connectivity index (χ2v) is 6.27. The number of nitrogens with zero attached hydrogens (tertiary/aromatic N) is 4. The molecular formula is C18H16FN5O4S. The molecular weight excluding hydrogens is 401 g/mol. The predicted molar refractivity (Wildman–Crippen MR) is 106 cm³/mol. The van der Waals surface area contributed by atoms with Crippen LogP contribution in [-0.2, 0) is 6.42 Å². The fourth-order valence-electron chi connectivity index (χ4n) is 2.56. The van der Waals surface area contributed by atoms with Gasteiger partial charge >= 0.3 is 5.69 Å². The maximum atomic E-state index is 13.1. The van der Waals surface area contributed by atoms with Crippen LogP contribution in [-0.4, -0.2) is 37.7 Å². The number of aromatic hydroxyl groups is 1. The molecule has 0 saturated heterocycles. The maximum Gasteiger partial charge on any atom is 0.315 e. The fraction of sp³-hybridized carbons (Fsp3) is 0.167. The lowest BCUT2D eigenvalue weighted by Gasteiger charge is -2.07. The van der Waals surface area contributed by atoms with E-state index in [2.05, 4.69) is 15.3 Å². The van der Waals surface area contributed by atoms with E-state index in [9.17, 15) is 19.6 Å². The summed E-state index contributed by atoms with van der Waals surface area (Å²) in [5.41, 5.74) is 0.629. The van der Waals surface area contributed by atoms with Crippen molar-refractivity contribution in [2.75, 3.05) is 6.61 Å². The van der Waals surface area contributed by atoms with E-state index in [4.69, 9.17) is 17.0 Å². The number of nitro groups is 1. The summed E-state index contributed by atoms with van der Waals surface area (Å²) in [5.74, 6) is -0.447. The van der Waals surface area contributed by atoms with E-state index < -0.39 is 16.4 Å². The molecule has 2 N–H and O–H groups in total. The number of benzene rings is 2. The Balaban J connectivity index is 1.94. The van der Waals surface area contributed by atoms with Crippen LogP contribution >= 0.6 is 12.2 Å². The van der Waals surface area contributed by atoms with Crippen molar-refractivity contribution in [2.45, 2.75) is 13.3 Å². The molecule has 2 aromatic carbocycles. The lowest BCUT2D eigenvalue weighted by Crippen LogP contribution is -2.01. The van der Waals surface area contributed by atoms with E-state index >= 15 is 0 Å². The van der Waals surface area contributed by atoms with Gasteiger partial charge < -0.3 is 9.84 Å². The zero-order valence-electron chi connectivity index (χ0n) is 15.2. The Kier molecular flexibility index (Phi) is 5.98. The highest BCUT2D eigenvalue weighted by atomic mass is 32.1. The maximum absolute atomic E-state index is 13.1. The van der Waals surface area contributed by atoms with Gasteiger partial charge in [0.25, 0.3) is 0 Å². The standard InChI is InChI=1S/C18H16FN5O4S/c1-2-28-15-8-12(7-14(17(15)25)24(26)27)10-20-23-16(21-22-18(23)29)9-11-3-5-13(19)6-4-11/h3-8,10,25H,2,9H2,1H3,(H,22,29)/b20-10-. The summed E-state index contributed by atoms with van der Waals surface area (Å²) in [6.07, 6.45) is 1.68. The zero-order valence-corrected chi connectivity index (χ0v) is 16.0. The number of ether oxygens (including phenoxy) is 1. The highest BCUT2D eigenvalue weighted by Crippen LogP contribution is 2.36. The number of hydrogen-bond acceptors (Lipinski definition) is 7. The topological polar surface area (TPSA) is 119 Å². The number of nitrogens with one attached hydrogen (secondary N) is 1. The molecule has 0 bridgehead atoms. The van der Waals surface area contributed by atoms with Crippen LogP contribution in [0.25, 0.3) is 0 Å². The molecule has 1 heterocycles. The molecule has 3 rings (SSSR count). The third-order valence-electron chi connectivity index (χ3n) is 3.89. The van der Waals surface area contributed by atoms with Gasteiger partial charge in [-0.1, -0.05) is 12.1 Å². The highest BCUT2D eigenvalue weighted by molar-refractivity contribution is 7.71. The third kappa shape index (κ3) is 4.63. The first-order valence-electron chi connectivity index (χ1n) is 8.48. The number of phenolic OH excluding ortho intramolecular Hbond substituents is 1. The number of hydrogen-bond donors (Lipinski definition) is 2. The summed E-state index contributed by atoms with van der Waals surface area (Å²) in [4.78, 5) is 10.5. The molecule has 0 aliphatic rings. The normalized spacial score (nSPS) is 11.1. The van der Waals surface area contributed by atoms with Crippen molar-refractivity contribution in [3.8, 4) is 11.5 Å². The smallest absolute Gasteiger partial charge is 0.315 e. The Morgan fingerprint density at radius 1 is 1.41 bits per heavy atom. The number of rotatable bonds is 7. The first-order valence-corrected chi connectivity index (χ1v) is 8.89. The summed E-state index contributed by atoms with van der Waals surface area (Å²) in [6, 6.07) is 8.53. The average molecular weight is 417 g/mol. The minimum Gasteiger partial charge on any atom is -0.500 e. The summed E-state index contributed by atoms with van der Waals surface area (Å²) in [6.45, 7) is 1.92. The second-order valence-electron chi connectivity index (χ2n) is 5.88. The van der Waals surface area contributed by atoms with Gasteiger partial charge in [-0.05, 0) is 42.9 Å². The van der Waals surface area contributed by atoms with Crippen molar-refractivity contribution in [3.05, 3.63) is 74.1 Å². The number of H-pyrrole nitrogens is 1. The molecule has 3 aromatic rings. The van der Waals surface area contributed by atoms with Gasteiger partial charge in [-0.25, -0.2) is 4.39 Å². The number of halogens is 1. The van der Waals surface area contributed by atoms with E-state index in [0.717, 1.165) is 5.56 Å². The van der Waals surface area contributed by atoms with Gasteiger partial charge in [0.05, 0.1) is 17.7 Å². The zero-order chi connectivity index (χ0) is 21.0. The first kappa shape index (κ1) is 20.1. The monoisotopic (exact) mass is 417 g/mol. The van der Waals surface area contributed by atoms with E-state index in [1.165, 1.54) is 35.2 Å². The minimum atomic E-state index is -0.710. The molecule has 0 unspecified atom stereocenters. The van der Waals surface area contributed by atoms with Crippen LogP contribution in [0.4, 0.5) is 10.1 Å². The Morgan fingerprint density at radius 3 is 2.79 bits per heavy atom. The van der Waals surface area contributed by atoms with E-state index in [-0.39, 0.29) is 22.9 Å². The molecule has 0 aliphatic carbocycles. The molecule has 0 radical (unpaired) electrons. The number of aromatic nitrogens is 3. The van der Waals surface area contributed by atoms with Crippen LogP contribution in [0.5, 0.6) is 11.5 Å². The Morgan fingerprint density at radius 2 is 2.14 bits per heavy atom. The molecule has 0 aliphatic heterocycles. The number of phenols is 1. The van der Waals surface area contributed by atoms with Crippen molar-refractivity contribution in [1.29, 1.82) is 0 Å². The first-order chi connectivity index (χ1) is 13.9. The molecule has 0 saturated carbocycles. The second kappa shape index (κ2) is 8.61.